The van der Waals surface area contributed by atoms with Crippen molar-refractivity contribution in [2.45, 2.75) is 36.8 Å². The Kier molecular flexibility index (Phi) is 7.28. The summed E-state index contributed by atoms with van der Waals surface area (Å²) in [5.74, 6) is -8.60. The van der Waals surface area contributed by atoms with E-state index in [-0.39, 0.29) is 0 Å². The average molecular weight is 351 g/mol. The first kappa shape index (κ1) is 21.3. The van der Waals surface area contributed by atoms with Crippen LogP contribution in [0.4, 0.5) is 0 Å². The largest absolute Gasteiger partial charge is 0.481 e. The van der Waals surface area contributed by atoms with Crippen molar-refractivity contribution in [3.05, 3.63) is 0 Å². The highest BCUT2D eigenvalue weighted by Crippen LogP contribution is 2.26. The molecule has 0 aliphatic heterocycles. The van der Waals surface area contributed by atoms with Gasteiger partial charge in [0.15, 0.2) is 0 Å². The van der Waals surface area contributed by atoms with E-state index in [1.54, 1.807) is 0 Å². The van der Waals surface area contributed by atoms with E-state index in [0.717, 1.165) is 0 Å². The first-order valence-electron chi connectivity index (χ1n) is 6.39. The summed E-state index contributed by atoms with van der Waals surface area (Å²) < 4.78 is 0. The number of carbonyl (C=O) groups is 5. The van der Waals surface area contributed by atoms with Crippen LogP contribution >= 0.6 is 0 Å². The normalized spacial score (nSPS) is 11.7. The van der Waals surface area contributed by atoms with E-state index in [0.29, 0.717) is 0 Å². The summed E-state index contributed by atoms with van der Waals surface area (Å²) >= 11 is 0. The predicted octanol–water partition coefficient (Wildman–Crippen LogP) is -1.97. The molecule has 12 nitrogen and oxygen atoms in total. The molecule has 0 aromatic carbocycles. The summed E-state index contributed by atoms with van der Waals surface area (Å²) in [5.41, 5.74) is -4.99. The summed E-state index contributed by atoms with van der Waals surface area (Å²) in [7, 11) is 0. The Bertz CT molecular complexity index is 509. The number of hydrogen-bond donors (Lipinski definition) is 7. The first-order valence-corrected chi connectivity index (χ1v) is 6.39. The van der Waals surface area contributed by atoms with Gasteiger partial charge in [-0.1, -0.05) is 0 Å². The maximum atomic E-state index is 11.5. The second-order valence-corrected chi connectivity index (χ2v) is 5.23. The van der Waals surface area contributed by atoms with Crippen molar-refractivity contribution < 1.29 is 54.6 Å². The van der Waals surface area contributed by atoms with Crippen LogP contribution in [-0.4, -0.2) is 78.2 Å². The van der Waals surface area contributed by atoms with Crippen molar-refractivity contribution in [2.75, 3.05) is 6.61 Å². The SMILES string of the molecule is O=C(O)CC(CO)(CC(=O)O)NC(CC(=O)O)(CC(=O)O)C(=O)O. The van der Waals surface area contributed by atoms with E-state index in [1.165, 1.54) is 0 Å². The van der Waals surface area contributed by atoms with Crippen LogP contribution in [0, 0.1) is 0 Å². The molecule has 0 unspecified atom stereocenters. The lowest BCUT2D eigenvalue weighted by Crippen LogP contribution is -2.66. The standard InChI is InChI=1S/C12H17NO11/c14-5-11(1-6(15)16,2-7(17)18)13-12(10(23)24,3-8(19)20)4-9(21)22/h13-14H,1-5H2,(H,15,16)(H,17,18)(H,19,20)(H,21,22)(H,23,24). The first-order chi connectivity index (χ1) is 10.9. The van der Waals surface area contributed by atoms with Crippen LogP contribution in [0.25, 0.3) is 0 Å². The number of aliphatic hydroxyl groups is 1. The minimum atomic E-state index is -2.72. The third kappa shape index (κ3) is 6.18. The Morgan fingerprint density at radius 1 is 0.667 bits per heavy atom. The number of carboxylic acids is 5. The van der Waals surface area contributed by atoms with Crippen LogP contribution in [0.5, 0.6) is 0 Å². The highest BCUT2D eigenvalue weighted by Gasteiger charge is 2.50. The number of rotatable bonds is 12. The van der Waals surface area contributed by atoms with Gasteiger partial charge in [0, 0.05) is 0 Å². The lowest BCUT2D eigenvalue weighted by Gasteiger charge is -2.39. The van der Waals surface area contributed by atoms with Crippen molar-refractivity contribution in [1.82, 2.24) is 5.32 Å². The number of hydrogen-bond acceptors (Lipinski definition) is 7. The van der Waals surface area contributed by atoms with Crippen molar-refractivity contribution in [3.63, 3.8) is 0 Å². The molecule has 24 heavy (non-hydrogen) atoms. The summed E-state index contributed by atoms with van der Waals surface area (Å²) in [6.07, 6.45) is -4.72. The average Bonchev–Trinajstić information content (AvgIpc) is 2.34. The van der Waals surface area contributed by atoms with Crippen molar-refractivity contribution in [1.29, 1.82) is 0 Å². The molecule has 0 aromatic heterocycles. The molecular weight excluding hydrogens is 334 g/mol. The zero-order valence-corrected chi connectivity index (χ0v) is 12.3. The number of aliphatic hydroxyl groups excluding tert-OH is 1. The van der Waals surface area contributed by atoms with Gasteiger partial charge >= 0.3 is 29.8 Å². The molecule has 12 heteroatoms. The zero-order chi connectivity index (χ0) is 19.1. The van der Waals surface area contributed by atoms with Gasteiger partial charge in [0.2, 0.25) is 0 Å². The van der Waals surface area contributed by atoms with Crippen molar-refractivity contribution in [3.8, 4) is 0 Å². The fourth-order valence-corrected chi connectivity index (χ4v) is 2.26. The van der Waals surface area contributed by atoms with Gasteiger partial charge in [0.25, 0.3) is 0 Å². The molecular formula is C12H17NO11. The Morgan fingerprint density at radius 3 is 1.21 bits per heavy atom. The molecule has 0 atom stereocenters. The van der Waals surface area contributed by atoms with Gasteiger partial charge in [-0.3, -0.25) is 29.3 Å². The number of nitrogens with one attached hydrogen (secondary N) is 1. The molecule has 0 heterocycles. The van der Waals surface area contributed by atoms with Crippen LogP contribution in [0.15, 0.2) is 0 Å². The van der Waals surface area contributed by atoms with Crippen molar-refractivity contribution in [2.24, 2.45) is 0 Å². The number of carboxylic acid groups (broad SMARTS) is 5. The molecule has 0 amide bonds. The fraction of sp³-hybridized carbons (Fsp3) is 0.583. The molecule has 0 spiro atoms. The lowest BCUT2D eigenvalue weighted by molar-refractivity contribution is -0.159. The number of aliphatic carboxylic acids is 5. The lowest BCUT2D eigenvalue weighted by atomic mass is 9.83. The molecule has 7 N–H and O–H groups in total. The summed E-state index contributed by atoms with van der Waals surface area (Å²) in [6, 6.07) is 0. The highest BCUT2D eigenvalue weighted by atomic mass is 16.4. The van der Waals surface area contributed by atoms with Gasteiger partial charge in [-0.25, -0.2) is 0 Å². The molecule has 0 rings (SSSR count). The summed E-state index contributed by atoms with van der Waals surface area (Å²) in [4.78, 5) is 55.2. The van der Waals surface area contributed by atoms with Crippen molar-refractivity contribution >= 4 is 29.8 Å². The summed E-state index contributed by atoms with van der Waals surface area (Å²) in [6.45, 7) is -1.18. The fourth-order valence-electron chi connectivity index (χ4n) is 2.26. The highest BCUT2D eigenvalue weighted by molar-refractivity contribution is 5.90. The van der Waals surface area contributed by atoms with Gasteiger partial charge in [-0.05, 0) is 0 Å². The second kappa shape index (κ2) is 8.21. The molecule has 0 aliphatic carbocycles. The van der Waals surface area contributed by atoms with Crippen LogP contribution in [0.2, 0.25) is 0 Å². The van der Waals surface area contributed by atoms with E-state index in [9.17, 15) is 34.2 Å². The minimum absolute atomic E-state index is 1.08. The van der Waals surface area contributed by atoms with E-state index >= 15 is 0 Å². The van der Waals surface area contributed by atoms with Crippen LogP contribution in [0.1, 0.15) is 25.7 Å². The Labute approximate surface area is 134 Å². The maximum absolute atomic E-state index is 11.5. The molecule has 136 valence electrons. The van der Waals surface area contributed by atoms with E-state index in [2.05, 4.69) is 0 Å². The van der Waals surface area contributed by atoms with Gasteiger partial charge in [-0.2, -0.15) is 0 Å². The molecule has 0 bridgehead atoms. The van der Waals surface area contributed by atoms with Gasteiger partial charge in [-0.15, -0.1) is 0 Å². The van der Waals surface area contributed by atoms with Gasteiger partial charge in [0.1, 0.15) is 5.54 Å². The maximum Gasteiger partial charge on any atom is 0.325 e. The van der Waals surface area contributed by atoms with Crippen LogP contribution < -0.4 is 5.32 Å². The minimum Gasteiger partial charge on any atom is -0.481 e. The van der Waals surface area contributed by atoms with Gasteiger partial charge in [0.05, 0.1) is 37.8 Å². The molecule has 0 fully saturated rings. The van der Waals surface area contributed by atoms with Gasteiger partial charge < -0.3 is 30.6 Å². The van der Waals surface area contributed by atoms with E-state index in [4.69, 9.17) is 20.4 Å². The second-order valence-electron chi connectivity index (χ2n) is 5.23. The molecule has 0 saturated carbocycles. The Hall–Kier alpha value is -2.73. The van der Waals surface area contributed by atoms with Crippen LogP contribution in [0.3, 0.4) is 0 Å². The topological polar surface area (TPSA) is 219 Å². The molecule has 0 aliphatic rings. The zero-order valence-electron chi connectivity index (χ0n) is 12.3. The van der Waals surface area contributed by atoms with E-state index < -0.39 is 73.2 Å². The molecule has 0 aromatic rings. The third-order valence-electron chi connectivity index (χ3n) is 3.10. The monoisotopic (exact) mass is 351 g/mol. The summed E-state index contributed by atoms with van der Waals surface area (Å²) in [5, 5.41) is 56.1. The Balaban J connectivity index is 6.07. The predicted molar refractivity (Wildman–Crippen MR) is 72.3 cm³/mol. The smallest absolute Gasteiger partial charge is 0.325 e. The Morgan fingerprint density at radius 2 is 1.00 bits per heavy atom. The molecule has 0 radical (unpaired) electrons. The van der Waals surface area contributed by atoms with Crippen LogP contribution in [-0.2, 0) is 24.0 Å². The molecule has 0 saturated heterocycles. The van der Waals surface area contributed by atoms with E-state index in [1.807, 2.05) is 5.32 Å². The third-order valence-corrected chi connectivity index (χ3v) is 3.10. The quantitative estimate of drug-likeness (QED) is 0.203.